The minimum absolute atomic E-state index is 0.148. The Morgan fingerprint density at radius 1 is 0.629 bits per heavy atom. The number of rotatable bonds is 10. The molecule has 0 amide bonds. The van der Waals surface area contributed by atoms with Crippen LogP contribution in [0.1, 0.15) is 38.0 Å². The lowest BCUT2D eigenvalue weighted by Crippen LogP contribution is -2.50. The molecule has 0 radical (unpaired) electrons. The molecule has 180 valence electrons. The highest BCUT2D eigenvalue weighted by molar-refractivity contribution is 5.92. The first-order valence-corrected chi connectivity index (χ1v) is 10.8. The highest BCUT2D eigenvalue weighted by Gasteiger charge is 2.41. The van der Waals surface area contributed by atoms with Crippen molar-refractivity contribution in [3.8, 4) is 0 Å². The predicted molar refractivity (Wildman–Crippen MR) is 125 cm³/mol. The highest BCUT2D eigenvalue weighted by Crippen LogP contribution is 2.20. The number of hydrogen-bond acceptors (Lipinski definition) is 8. The van der Waals surface area contributed by atoms with Crippen molar-refractivity contribution in [3.05, 3.63) is 108 Å². The fourth-order valence-corrected chi connectivity index (χ4v) is 3.23. The molecule has 0 saturated heterocycles. The number of ether oxygens (including phenoxy) is 3. The molecule has 0 aliphatic heterocycles. The molecule has 3 aromatic carbocycles. The van der Waals surface area contributed by atoms with Crippen molar-refractivity contribution in [2.75, 3.05) is 0 Å². The summed E-state index contributed by atoms with van der Waals surface area (Å²) in [7, 11) is 0. The van der Waals surface area contributed by atoms with Crippen LogP contribution in [-0.4, -0.2) is 53.7 Å². The molecule has 0 saturated carbocycles. The second kappa shape index (κ2) is 12.2. The van der Waals surface area contributed by atoms with Crippen LogP contribution in [0.15, 0.2) is 91.0 Å². The van der Waals surface area contributed by atoms with E-state index in [2.05, 4.69) is 0 Å². The van der Waals surface area contributed by atoms with E-state index in [9.17, 15) is 24.3 Å². The Bertz CT molecular complexity index is 1130. The van der Waals surface area contributed by atoms with Crippen molar-refractivity contribution >= 4 is 24.2 Å². The topological polar surface area (TPSA) is 116 Å². The monoisotopic (exact) mass is 476 g/mol. The Kier molecular flexibility index (Phi) is 8.86. The zero-order valence-electron chi connectivity index (χ0n) is 18.9. The number of carbonyl (C=O) groups is 4. The molecule has 1 N–H and O–H groups in total. The fourth-order valence-electron chi connectivity index (χ4n) is 3.23. The van der Waals surface area contributed by atoms with E-state index in [1.165, 1.54) is 43.3 Å². The highest BCUT2D eigenvalue weighted by atomic mass is 16.6. The van der Waals surface area contributed by atoms with E-state index in [0.717, 1.165) is 0 Å². The fraction of sp³-hybridized carbons (Fsp3) is 0.185. The molecule has 0 spiro atoms. The van der Waals surface area contributed by atoms with E-state index >= 15 is 0 Å². The second-order valence-electron chi connectivity index (χ2n) is 7.58. The maximum Gasteiger partial charge on any atom is 0.338 e. The maximum atomic E-state index is 12.8. The summed E-state index contributed by atoms with van der Waals surface area (Å²) in [6.45, 7) is 1.30. The smallest absolute Gasteiger partial charge is 0.338 e. The molecule has 3 rings (SSSR count). The van der Waals surface area contributed by atoms with Gasteiger partial charge in [-0.15, -0.1) is 0 Å². The van der Waals surface area contributed by atoms with Gasteiger partial charge in [0.1, 0.15) is 0 Å². The molecular weight excluding hydrogens is 452 g/mol. The predicted octanol–water partition coefficient (Wildman–Crippen LogP) is 3.24. The third-order valence-corrected chi connectivity index (χ3v) is 5.02. The summed E-state index contributed by atoms with van der Waals surface area (Å²) in [5, 5.41) is 10.4. The SMILES string of the molecule is C[C@@H](O)[C@H](OC(=O)c1ccccc1)[C@H](OC(=O)c1ccccc1)[C@H](C=O)OC(=O)c1ccccc1. The summed E-state index contributed by atoms with van der Waals surface area (Å²) in [5.41, 5.74) is 0.479. The van der Waals surface area contributed by atoms with Gasteiger partial charge in [0.25, 0.3) is 0 Å². The summed E-state index contributed by atoms with van der Waals surface area (Å²) in [6.07, 6.45) is -5.99. The molecule has 0 unspecified atom stereocenters. The van der Waals surface area contributed by atoms with Crippen molar-refractivity contribution in [1.29, 1.82) is 0 Å². The first-order chi connectivity index (χ1) is 16.9. The number of aldehydes is 1. The summed E-state index contributed by atoms with van der Waals surface area (Å²) in [4.78, 5) is 50.2. The van der Waals surface area contributed by atoms with Crippen LogP contribution in [0.5, 0.6) is 0 Å². The van der Waals surface area contributed by atoms with Gasteiger partial charge in [-0.05, 0) is 43.3 Å². The minimum atomic E-state index is -1.68. The summed E-state index contributed by atoms with van der Waals surface area (Å²) >= 11 is 0. The standard InChI is InChI=1S/C27H24O8/c1-18(29)23(34-26(31)20-13-7-3-8-14-20)24(35-27(32)21-15-9-4-10-16-21)22(17-28)33-25(30)19-11-5-2-6-12-19/h2-18,22-24,29H,1H3/t18-,22+,23+,24-/m1/s1. The molecule has 0 fully saturated rings. The second-order valence-corrected chi connectivity index (χ2v) is 7.58. The molecule has 3 aromatic rings. The normalized spacial score (nSPS) is 14.0. The van der Waals surface area contributed by atoms with Gasteiger partial charge in [-0.25, -0.2) is 14.4 Å². The minimum Gasteiger partial charge on any atom is -0.452 e. The van der Waals surface area contributed by atoms with E-state index in [4.69, 9.17) is 14.2 Å². The van der Waals surface area contributed by atoms with E-state index in [1.807, 2.05) is 0 Å². The molecule has 0 aromatic heterocycles. The van der Waals surface area contributed by atoms with Crippen LogP contribution in [0.3, 0.4) is 0 Å². The Morgan fingerprint density at radius 2 is 0.971 bits per heavy atom. The Hall–Kier alpha value is -4.30. The van der Waals surface area contributed by atoms with Crippen LogP contribution in [0.25, 0.3) is 0 Å². The quantitative estimate of drug-likeness (QED) is 0.269. The van der Waals surface area contributed by atoms with Gasteiger partial charge in [-0.2, -0.15) is 0 Å². The van der Waals surface area contributed by atoms with Crippen molar-refractivity contribution in [2.45, 2.75) is 31.3 Å². The first-order valence-electron chi connectivity index (χ1n) is 10.8. The first kappa shape index (κ1) is 25.3. The van der Waals surface area contributed by atoms with E-state index < -0.39 is 42.3 Å². The van der Waals surface area contributed by atoms with Crippen LogP contribution >= 0.6 is 0 Å². The van der Waals surface area contributed by atoms with Crippen LogP contribution in [-0.2, 0) is 19.0 Å². The summed E-state index contributed by atoms with van der Waals surface area (Å²) in [6, 6.07) is 23.7. The zero-order valence-corrected chi connectivity index (χ0v) is 18.9. The van der Waals surface area contributed by atoms with E-state index in [-0.39, 0.29) is 23.0 Å². The lowest BCUT2D eigenvalue weighted by molar-refractivity contribution is -0.137. The Balaban J connectivity index is 1.92. The molecule has 0 heterocycles. The van der Waals surface area contributed by atoms with E-state index in [0.29, 0.717) is 0 Å². The van der Waals surface area contributed by atoms with Gasteiger partial charge in [0.2, 0.25) is 0 Å². The number of carbonyl (C=O) groups excluding carboxylic acids is 4. The molecule has 0 aliphatic carbocycles. The van der Waals surface area contributed by atoms with Gasteiger partial charge in [0, 0.05) is 0 Å². The maximum absolute atomic E-state index is 12.8. The third kappa shape index (κ3) is 6.84. The molecule has 4 atom stereocenters. The van der Waals surface area contributed by atoms with Gasteiger partial charge in [-0.1, -0.05) is 54.6 Å². The van der Waals surface area contributed by atoms with Gasteiger partial charge in [-0.3, -0.25) is 4.79 Å². The molecule has 8 heteroatoms. The van der Waals surface area contributed by atoms with Gasteiger partial charge < -0.3 is 19.3 Å². The molecule has 0 aliphatic rings. The average molecular weight is 476 g/mol. The third-order valence-electron chi connectivity index (χ3n) is 5.02. The van der Waals surface area contributed by atoms with Crippen LogP contribution in [0, 0.1) is 0 Å². The number of hydrogen-bond donors (Lipinski definition) is 1. The molecule has 0 bridgehead atoms. The van der Waals surface area contributed by atoms with Crippen molar-refractivity contribution in [2.24, 2.45) is 0 Å². The average Bonchev–Trinajstić information content (AvgIpc) is 2.90. The molecular formula is C27H24O8. The summed E-state index contributed by atoms with van der Waals surface area (Å²) < 4.78 is 16.3. The van der Waals surface area contributed by atoms with Crippen molar-refractivity contribution < 1.29 is 38.5 Å². The van der Waals surface area contributed by atoms with Gasteiger partial charge in [0.05, 0.1) is 22.8 Å². The van der Waals surface area contributed by atoms with Crippen LogP contribution < -0.4 is 0 Å². The lowest BCUT2D eigenvalue weighted by Gasteiger charge is -2.31. The van der Waals surface area contributed by atoms with Crippen LogP contribution in [0.4, 0.5) is 0 Å². The molecule has 35 heavy (non-hydrogen) atoms. The number of aliphatic hydroxyl groups is 1. The lowest BCUT2D eigenvalue weighted by atomic mass is 10.0. The van der Waals surface area contributed by atoms with Crippen LogP contribution in [0.2, 0.25) is 0 Å². The largest absolute Gasteiger partial charge is 0.452 e. The zero-order chi connectivity index (χ0) is 25.2. The Labute approximate surface area is 202 Å². The molecule has 8 nitrogen and oxygen atoms in total. The summed E-state index contributed by atoms with van der Waals surface area (Å²) in [5.74, 6) is -2.54. The number of benzene rings is 3. The number of esters is 3. The van der Waals surface area contributed by atoms with Gasteiger partial charge >= 0.3 is 17.9 Å². The Morgan fingerprint density at radius 3 is 1.31 bits per heavy atom. The van der Waals surface area contributed by atoms with Gasteiger partial charge in [0.15, 0.2) is 24.6 Å². The number of aliphatic hydroxyl groups excluding tert-OH is 1. The van der Waals surface area contributed by atoms with E-state index in [1.54, 1.807) is 54.6 Å². The van der Waals surface area contributed by atoms with Crippen molar-refractivity contribution in [1.82, 2.24) is 0 Å². The van der Waals surface area contributed by atoms with Crippen molar-refractivity contribution in [3.63, 3.8) is 0 Å².